The highest BCUT2D eigenvalue weighted by Gasteiger charge is 2.35. The number of carbonyl (C=O) groups is 3. The fraction of sp³-hybridized carbons (Fsp3) is 0.0870. The van der Waals surface area contributed by atoms with Gasteiger partial charge in [-0.3, -0.25) is 24.2 Å². The fourth-order valence-electron chi connectivity index (χ4n) is 3.35. The highest BCUT2D eigenvalue weighted by atomic mass is 16.2. The fourth-order valence-corrected chi connectivity index (χ4v) is 3.35. The zero-order chi connectivity index (χ0) is 19.5. The molecule has 0 aliphatic carbocycles. The van der Waals surface area contributed by atoms with Crippen LogP contribution in [-0.2, 0) is 4.79 Å². The van der Waals surface area contributed by atoms with E-state index in [0.29, 0.717) is 11.1 Å². The Bertz CT molecular complexity index is 957. The quantitative estimate of drug-likeness (QED) is 0.637. The zero-order valence-electron chi connectivity index (χ0n) is 15.1. The van der Waals surface area contributed by atoms with E-state index >= 15 is 0 Å². The Kier molecular flexibility index (Phi) is 4.72. The van der Waals surface area contributed by atoms with Crippen molar-refractivity contribution in [3.63, 3.8) is 0 Å². The van der Waals surface area contributed by atoms with E-state index in [2.05, 4.69) is 0 Å². The molecule has 0 bridgehead atoms. The van der Waals surface area contributed by atoms with E-state index in [-0.39, 0.29) is 30.7 Å². The summed E-state index contributed by atoms with van der Waals surface area (Å²) in [5.41, 5.74) is 2.26. The lowest BCUT2D eigenvalue weighted by Crippen LogP contribution is -2.35. The van der Waals surface area contributed by atoms with Gasteiger partial charge in [0.05, 0.1) is 11.1 Å². The molecule has 5 heteroatoms. The molecule has 5 nitrogen and oxygen atoms in total. The Morgan fingerprint density at radius 2 is 1.11 bits per heavy atom. The first-order valence-corrected chi connectivity index (χ1v) is 9.05. The number of benzene rings is 3. The highest BCUT2D eigenvalue weighted by Crippen LogP contribution is 2.27. The minimum absolute atomic E-state index is 0.0370. The molecule has 1 aliphatic heterocycles. The van der Waals surface area contributed by atoms with Crippen LogP contribution in [0.4, 0.5) is 11.4 Å². The van der Waals surface area contributed by atoms with Crippen LogP contribution in [0.2, 0.25) is 0 Å². The monoisotopic (exact) mass is 370 g/mol. The maximum atomic E-state index is 13.1. The highest BCUT2D eigenvalue weighted by molar-refractivity contribution is 6.21. The van der Waals surface area contributed by atoms with Crippen molar-refractivity contribution in [3.8, 4) is 0 Å². The molecule has 0 saturated heterocycles. The summed E-state index contributed by atoms with van der Waals surface area (Å²) >= 11 is 0. The number of nitrogens with zero attached hydrogens (tertiary/aromatic N) is 2. The van der Waals surface area contributed by atoms with E-state index in [1.807, 2.05) is 60.7 Å². The van der Waals surface area contributed by atoms with Crippen LogP contribution >= 0.6 is 0 Å². The molecule has 0 atom stereocenters. The molecule has 3 aromatic carbocycles. The van der Waals surface area contributed by atoms with Crippen molar-refractivity contribution in [1.29, 1.82) is 0 Å². The standard InChI is InChI=1S/C23H18N2O3/c26-21(15-16-24-22(27)19-13-7-8-14-20(19)23(24)28)25(17-9-3-1-4-10-17)18-11-5-2-6-12-18/h1-14H,15-16H2. The van der Waals surface area contributed by atoms with Gasteiger partial charge in [0.25, 0.3) is 11.8 Å². The molecule has 1 heterocycles. The van der Waals surface area contributed by atoms with Crippen molar-refractivity contribution in [2.75, 3.05) is 11.4 Å². The summed E-state index contributed by atoms with van der Waals surface area (Å²) < 4.78 is 0. The first-order valence-electron chi connectivity index (χ1n) is 9.05. The van der Waals surface area contributed by atoms with Gasteiger partial charge in [0.1, 0.15) is 0 Å². The lowest BCUT2D eigenvalue weighted by molar-refractivity contribution is -0.118. The molecule has 0 saturated carbocycles. The lowest BCUT2D eigenvalue weighted by Gasteiger charge is -2.24. The summed E-state index contributed by atoms with van der Waals surface area (Å²) in [7, 11) is 0. The molecule has 0 N–H and O–H groups in total. The van der Waals surface area contributed by atoms with Crippen LogP contribution in [0.5, 0.6) is 0 Å². The number of rotatable bonds is 5. The van der Waals surface area contributed by atoms with Gasteiger partial charge in [0.15, 0.2) is 0 Å². The van der Waals surface area contributed by atoms with Crippen LogP contribution in [0.1, 0.15) is 27.1 Å². The third-order valence-corrected chi connectivity index (χ3v) is 4.71. The predicted octanol–water partition coefficient (Wildman–Crippen LogP) is 4.04. The van der Waals surface area contributed by atoms with Crippen LogP contribution in [0.25, 0.3) is 0 Å². The second-order valence-corrected chi connectivity index (χ2v) is 6.46. The molecule has 0 fully saturated rings. The Balaban J connectivity index is 1.55. The molecule has 138 valence electrons. The van der Waals surface area contributed by atoms with E-state index in [4.69, 9.17) is 0 Å². The van der Waals surface area contributed by atoms with E-state index in [1.54, 1.807) is 29.2 Å². The smallest absolute Gasteiger partial charge is 0.261 e. The van der Waals surface area contributed by atoms with Gasteiger partial charge in [-0.05, 0) is 36.4 Å². The van der Waals surface area contributed by atoms with Gasteiger partial charge < -0.3 is 0 Å². The summed E-state index contributed by atoms with van der Waals surface area (Å²) in [4.78, 5) is 40.8. The topological polar surface area (TPSA) is 57.7 Å². The van der Waals surface area contributed by atoms with Crippen molar-refractivity contribution in [3.05, 3.63) is 96.1 Å². The maximum Gasteiger partial charge on any atom is 0.261 e. The summed E-state index contributed by atoms with van der Waals surface area (Å²) in [6, 6.07) is 25.4. The number of hydrogen-bond donors (Lipinski definition) is 0. The minimum atomic E-state index is -0.348. The Morgan fingerprint density at radius 1 is 0.679 bits per heavy atom. The van der Waals surface area contributed by atoms with Gasteiger partial charge in [-0.25, -0.2) is 0 Å². The molecule has 3 aromatic rings. The molecule has 0 aromatic heterocycles. The van der Waals surface area contributed by atoms with Gasteiger partial charge in [-0.15, -0.1) is 0 Å². The summed E-state index contributed by atoms with van der Waals surface area (Å²) in [6.07, 6.45) is 0.0370. The number of fused-ring (bicyclic) bond motifs is 1. The van der Waals surface area contributed by atoms with Crippen molar-refractivity contribution in [2.24, 2.45) is 0 Å². The van der Waals surface area contributed by atoms with Crippen molar-refractivity contribution in [1.82, 2.24) is 4.90 Å². The molecule has 0 spiro atoms. The molecule has 3 amide bonds. The maximum absolute atomic E-state index is 13.1. The number of imide groups is 1. The molecule has 1 aliphatic rings. The molecule has 0 radical (unpaired) electrons. The molecule has 28 heavy (non-hydrogen) atoms. The Morgan fingerprint density at radius 3 is 1.57 bits per heavy atom. The van der Waals surface area contributed by atoms with Crippen LogP contribution < -0.4 is 4.90 Å². The zero-order valence-corrected chi connectivity index (χ0v) is 15.1. The van der Waals surface area contributed by atoms with Gasteiger partial charge in [0, 0.05) is 24.3 Å². The number of carbonyl (C=O) groups excluding carboxylic acids is 3. The average molecular weight is 370 g/mol. The van der Waals surface area contributed by atoms with Crippen molar-refractivity contribution < 1.29 is 14.4 Å². The van der Waals surface area contributed by atoms with Gasteiger partial charge in [-0.1, -0.05) is 48.5 Å². The van der Waals surface area contributed by atoms with Crippen LogP contribution in [-0.4, -0.2) is 29.2 Å². The van der Waals surface area contributed by atoms with Gasteiger partial charge in [-0.2, -0.15) is 0 Å². The number of hydrogen-bond acceptors (Lipinski definition) is 3. The molecular weight excluding hydrogens is 352 g/mol. The van der Waals surface area contributed by atoms with Crippen molar-refractivity contribution >= 4 is 29.1 Å². The normalized spacial score (nSPS) is 12.8. The molecular formula is C23H18N2O3. The molecule has 4 rings (SSSR count). The third-order valence-electron chi connectivity index (χ3n) is 4.71. The van der Waals surface area contributed by atoms with Crippen LogP contribution in [0.3, 0.4) is 0 Å². The van der Waals surface area contributed by atoms with E-state index in [0.717, 1.165) is 16.3 Å². The number of amides is 3. The second-order valence-electron chi connectivity index (χ2n) is 6.46. The van der Waals surface area contributed by atoms with E-state index < -0.39 is 0 Å². The van der Waals surface area contributed by atoms with Gasteiger partial charge in [0.2, 0.25) is 5.91 Å². The van der Waals surface area contributed by atoms with Crippen molar-refractivity contribution in [2.45, 2.75) is 6.42 Å². The van der Waals surface area contributed by atoms with E-state index in [1.165, 1.54) is 0 Å². The predicted molar refractivity (Wildman–Crippen MR) is 106 cm³/mol. The first kappa shape index (κ1) is 17.7. The summed E-state index contributed by atoms with van der Waals surface area (Å²) in [5, 5.41) is 0. The first-order chi connectivity index (χ1) is 13.7. The lowest BCUT2D eigenvalue weighted by atomic mass is 10.1. The number of anilines is 2. The number of para-hydroxylation sites is 2. The Labute approximate surface area is 162 Å². The summed E-state index contributed by atoms with van der Waals surface area (Å²) in [6.45, 7) is 0.0430. The SMILES string of the molecule is O=C1c2ccccc2C(=O)N1CCC(=O)N(c1ccccc1)c1ccccc1. The molecule has 0 unspecified atom stereocenters. The summed E-state index contributed by atoms with van der Waals surface area (Å²) in [5.74, 6) is -0.882. The minimum Gasteiger partial charge on any atom is -0.281 e. The van der Waals surface area contributed by atoms with Gasteiger partial charge >= 0.3 is 0 Å². The Hall–Kier alpha value is -3.73. The van der Waals surface area contributed by atoms with Crippen LogP contribution in [0.15, 0.2) is 84.9 Å². The second kappa shape index (κ2) is 7.48. The average Bonchev–Trinajstić information content (AvgIpc) is 2.99. The van der Waals surface area contributed by atoms with E-state index in [9.17, 15) is 14.4 Å². The largest absolute Gasteiger partial charge is 0.281 e. The third kappa shape index (κ3) is 3.18. The van der Waals surface area contributed by atoms with Crippen LogP contribution in [0, 0.1) is 0 Å².